The average Bonchev–Trinajstić information content (AvgIpc) is 3.23. The average molecular weight is 397 g/mol. The fourth-order valence-corrected chi connectivity index (χ4v) is 4.26. The van der Waals surface area contributed by atoms with Gasteiger partial charge in [0.25, 0.3) is 0 Å². The van der Waals surface area contributed by atoms with Gasteiger partial charge in [0.2, 0.25) is 11.8 Å². The van der Waals surface area contributed by atoms with Crippen LogP contribution in [0.4, 0.5) is 0 Å². The molecule has 2 fully saturated rings. The van der Waals surface area contributed by atoms with Gasteiger partial charge in [-0.05, 0) is 37.0 Å². The van der Waals surface area contributed by atoms with Crippen molar-refractivity contribution in [3.05, 3.63) is 40.4 Å². The third-order valence-corrected chi connectivity index (χ3v) is 6.17. The van der Waals surface area contributed by atoms with E-state index in [-0.39, 0.29) is 23.0 Å². The molecule has 0 aliphatic carbocycles. The van der Waals surface area contributed by atoms with Crippen molar-refractivity contribution in [3.63, 3.8) is 0 Å². The molecule has 0 saturated carbocycles. The van der Waals surface area contributed by atoms with Crippen LogP contribution in [0.2, 0.25) is 10.0 Å². The number of aromatic hydroxyl groups is 1. The van der Waals surface area contributed by atoms with E-state index in [0.717, 1.165) is 19.4 Å². The summed E-state index contributed by atoms with van der Waals surface area (Å²) in [6.45, 7) is 6.35. The molecule has 1 atom stereocenters. The molecule has 2 saturated heterocycles. The smallest absolute Gasteiger partial charge is 0.245 e. The SMILES string of the molecule is C=CC(=O)N1CCC2(CCN(C(=O)CCc3cc(Cl)c(Cl)cc3O)C2)C1. The quantitative estimate of drug-likeness (QED) is 0.794. The monoisotopic (exact) mass is 396 g/mol. The van der Waals surface area contributed by atoms with Crippen LogP contribution in [0.1, 0.15) is 24.8 Å². The minimum Gasteiger partial charge on any atom is -0.508 e. The number of halogens is 2. The van der Waals surface area contributed by atoms with Gasteiger partial charge in [-0.3, -0.25) is 9.59 Å². The highest BCUT2D eigenvalue weighted by molar-refractivity contribution is 6.42. The van der Waals surface area contributed by atoms with Crippen molar-refractivity contribution < 1.29 is 14.7 Å². The normalized spacial score (nSPS) is 22.2. The Bertz CT molecular complexity index is 753. The predicted molar refractivity (Wildman–Crippen MR) is 101 cm³/mol. The summed E-state index contributed by atoms with van der Waals surface area (Å²) in [7, 11) is 0. The van der Waals surface area contributed by atoms with Crippen molar-refractivity contribution >= 4 is 35.0 Å². The van der Waals surface area contributed by atoms with E-state index in [0.29, 0.717) is 48.1 Å². The molecular weight excluding hydrogens is 375 g/mol. The molecule has 1 unspecified atom stereocenters. The molecule has 7 heteroatoms. The highest BCUT2D eigenvalue weighted by Crippen LogP contribution is 2.40. The van der Waals surface area contributed by atoms with Gasteiger partial charge in [0.05, 0.1) is 10.0 Å². The summed E-state index contributed by atoms with van der Waals surface area (Å²) in [6.07, 6.45) is 3.89. The van der Waals surface area contributed by atoms with Crippen molar-refractivity contribution in [2.24, 2.45) is 5.41 Å². The summed E-state index contributed by atoms with van der Waals surface area (Å²) in [5, 5.41) is 10.6. The van der Waals surface area contributed by atoms with Crippen LogP contribution in [0, 0.1) is 5.41 Å². The second-order valence-electron chi connectivity index (χ2n) is 7.17. The molecule has 1 aromatic rings. The molecule has 0 radical (unpaired) electrons. The van der Waals surface area contributed by atoms with Crippen LogP contribution in [-0.2, 0) is 16.0 Å². The van der Waals surface area contributed by atoms with Gasteiger partial charge in [-0.15, -0.1) is 0 Å². The van der Waals surface area contributed by atoms with E-state index >= 15 is 0 Å². The van der Waals surface area contributed by atoms with E-state index in [1.54, 1.807) is 6.07 Å². The molecule has 26 heavy (non-hydrogen) atoms. The Morgan fingerprint density at radius 2 is 1.77 bits per heavy atom. The fraction of sp³-hybridized carbons (Fsp3) is 0.474. The molecule has 5 nitrogen and oxygen atoms in total. The van der Waals surface area contributed by atoms with Crippen molar-refractivity contribution in [1.29, 1.82) is 0 Å². The molecule has 0 aromatic heterocycles. The van der Waals surface area contributed by atoms with Gasteiger partial charge < -0.3 is 14.9 Å². The number of aryl methyl sites for hydroxylation is 1. The minimum atomic E-state index is -0.0401. The number of likely N-dealkylation sites (tertiary alicyclic amines) is 2. The summed E-state index contributed by atoms with van der Waals surface area (Å²) < 4.78 is 0. The van der Waals surface area contributed by atoms with E-state index in [9.17, 15) is 14.7 Å². The maximum absolute atomic E-state index is 12.6. The van der Waals surface area contributed by atoms with Crippen LogP contribution < -0.4 is 0 Å². The highest BCUT2D eigenvalue weighted by Gasteiger charge is 2.45. The number of hydrogen-bond donors (Lipinski definition) is 1. The maximum atomic E-state index is 12.6. The van der Waals surface area contributed by atoms with E-state index < -0.39 is 0 Å². The highest BCUT2D eigenvalue weighted by atomic mass is 35.5. The van der Waals surface area contributed by atoms with Crippen LogP contribution in [0.25, 0.3) is 0 Å². The molecule has 1 N–H and O–H groups in total. The lowest BCUT2D eigenvalue weighted by atomic mass is 9.86. The molecule has 3 rings (SSSR count). The van der Waals surface area contributed by atoms with Gasteiger partial charge in [-0.25, -0.2) is 0 Å². The molecule has 140 valence electrons. The van der Waals surface area contributed by atoms with Crippen LogP contribution in [-0.4, -0.2) is 52.9 Å². The number of amides is 2. The summed E-state index contributed by atoms with van der Waals surface area (Å²) in [5.74, 6) is 0.0713. The number of nitrogens with zero attached hydrogens (tertiary/aromatic N) is 2. The third kappa shape index (κ3) is 3.84. The molecule has 0 bridgehead atoms. The molecule has 2 heterocycles. The number of carbonyl (C=O) groups excluding carboxylic acids is 2. The second-order valence-corrected chi connectivity index (χ2v) is 7.99. The van der Waals surface area contributed by atoms with Crippen molar-refractivity contribution in [2.45, 2.75) is 25.7 Å². The summed E-state index contributed by atoms with van der Waals surface area (Å²) in [4.78, 5) is 28.1. The largest absolute Gasteiger partial charge is 0.508 e. The molecule has 2 aliphatic heterocycles. The van der Waals surface area contributed by atoms with Gasteiger partial charge in [0, 0.05) is 44.1 Å². The van der Waals surface area contributed by atoms with Gasteiger partial charge in [0.1, 0.15) is 5.75 Å². The number of hydrogen-bond acceptors (Lipinski definition) is 3. The van der Waals surface area contributed by atoms with E-state index in [2.05, 4.69) is 6.58 Å². The summed E-state index contributed by atoms with van der Waals surface area (Å²) in [6, 6.07) is 3.01. The van der Waals surface area contributed by atoms with E-state index in [1.165, 1.54) is 12.1 Å². The molecule has 1 spiro atoms. The van der Waals surface area contributed by atoms with Crippen LogP contribution in [0.5, 0.6) is 5.75 Å². The van der Waals surface area contributed by atoms with Crippen molar-refractivity contribution in [2.75, 3.05) is 26.2 Å². The summed E-state index contributed by atoms with van der Waals surface area (Å²) >= 11 is 11.8. The Morgan fingerprint density at radius 1 is 1.15 bits per heavy atom. The molecular formula is C19H22Cl2N2O3. The molecule has 2 aliphatic rings. The zero-order valence-corrected chi connectivity index (χ0v) is 16.0. The number of rotatable bonds is 4. The molecule has 1 aromatic carbocycles. The first-order chi connectivity index (χ1) is 12.3. The van der Waals surface area contributed by atoms with Crippen LogP contribution >= 0.6 is 23.2 Å². The van der Waals surface area contributed by atoms with Gasteiger partial charge in [-0.1, -0.05) is 29.8 Å². The lowest BCUT2D eigenvalue weighted by Gasteiger charge is -2.24. The first-order valence-electron chi connectivity index (χ1n) is 8.69. The van der Waals surface area contributed by atoms with Crippen LogP contribution in [0.3, 0.4) is 0 Å². The Labute approximate surface area is 163 Å². The Morgan fingerprint density at radius 3 is 2.46 bits per heavy atom. The lowest BCUT2D eigenvalue weighted by Crippen LogP contribution is -2.35. The standard InChI is InChI=1S/C19H22Cl2N2O3/c1-2-17(25)22-7-5-19(11-22)6-8-23(12-19)18(26)4-3-13-9-14(20)15(21)10-16(13)24/h2,9-10,24H,1,3-8,11-12H2. The number of phenolic OH excluding ortho intramolecular Hbond substituents is 1. The van der Waals surface area contributed by atoms with E-state index in [1.807, 2.05) is 9.80 Å². The van der Waals surface area contributed by atoms with Crippen molar-refractivity contribution in [1.82, 2.24) is 9.80 Å². The Kier molecular flexibility index (Phi) is 5.49. The van der Waals surface area contributed by atoms with Gasteiger partial charge in [-0.2, -0.15) is 0 Å². The second kappa shape index (κ2) is 7.49. The third-order valence-electron chi connectivity index (χ3n) is 5.45. The first kappa shape index (κ1) is 19.1. The zero-order chi connectivity index (χ0) is 18.9. The predicted octanol–water partition coefficient (Wildman–Crippen LogP) is 3.27. The zero-order valence-electron chi connectivity index (χ0n) is 14.5. The number of benzene rings is 1. The van der Waals surface area contributed by atoms with Crippen molar-refractivity contribution in [3.8, 4) is 5.75 Å². The Balaban J connectivity index is 1.56. The van der Waals surface area contributed by atoms with E-state index in [4.69, 9.17) is 23.2 Å². The van der Waals surface area contributed by atoms with Gasteiger partial charge in [0.15, 0.2) is 0 Å². The minimum absolute atomic E-state index is 0.0139. The number of carbonyl (C=O) groups is 2. The topological polar surface area (TPSA) is 60.9 Å². The lowest BCUT2D eigenvalue weighted by molar-refractivity contribution is -0.130. The maximum Gasteiger partial charge on any atom is 0.245 e. The molecule has 2 amide bonds. The first-order valence-corrected chi connectivity index (χ1v) is 9.45. The van der Waals surface area contributed by atoms with Crippen LogP contribution in [0.15, 0.2) is 24.8 Å². The fourth-order valence-electron chi connectivity index (χ4n) is 3.91. The Hall–Kier alpha value is -1.72. The van der Waals surface area contributed by atoms with Gasteiger partial charge >= 0.3 is 0 Å². The number of phenols is 1. The summed E-state index contributed by atoms with van der Waals surface area (Å²) in [5.41, 5.74) is 0.630.